The number of benzene rings is 1. The Kier molecular flexibility index (Phi) is 4.52. The fourth-order valence-corrected chi connectivity index (χ4v) is 1.86. The Labute approximate surface area is 112 Å². The first-order valence-electron chi connectivity index (χ1n) is 6.46. The molecule has 1 unspecified atom stereocenters. The molecule has 1 heterocycles. The summed E-state index contributed by atoms with van der Waals surface area (Å²) in [6.07, 6.45) is 0.349. The maximum absolute atomic E-state index is 9.87. The molecule has 0 radical (unpaired) electrons. The number of aromatic nitrogens is 2. The van der Waals surface area contributed by atoms with Gasteiger partial charge in [-0.1, -0.05) is 30.3 Å². The highest BCUT2D eigenvalue weighted by molar-refractivity contribution is 5.46. The summed E-state index contributed by atoms with van der Waals surface area (Å²) >= 11 is 0. The first kappa shape index (κ1) is 13.5. The van der Waals surface area contributed by atoms with E-state index in [2.05, 4.69) is 15.0 Å². The first-order valence-corrected chi connectivity index (χ1v) is 6.46. The van der Waals surface area contributed by atoms with Crippen LogP contribution in [0.2, 0.25) is 0 Å². The van der Waals surface area contributed by atoms with E-state index in [1.54, 1.807) is 6.92 Å². The van der Waals surface area contributed by atoms with Crippen molar-refractivity contribution in [3.63, 3.8) is 0 Å². The van der Waals surface area contributed by atoms with Gasteiger partial charge < -0.3 is 14.5 Å². The van der Waals surface area contributed by atoms with Crippen molar-refractivity contribution in [3.05, 3.63) is 42.0 Å². The number of hydrogen-bond donors (Lipinski definition) is 1. The Morgan fingerprint density at radius 1 is 1.32 bits per heavy atom. The fraction of sp³-hybridized carbons (Fsp3) is 0.429. The number of hydrogen-bond acceptors (Lipinski definition) is 5. The van der Waals surface area contributed by atoms with Crippen molar-refractivity contribution in [1.29, 1.82) is 0 Å². The summed E-state index contributed by atoms with van der Waals surface area (Å²) in [6.45, 7) is 4.81. The second kappa shape index (κ2) is 6.33. The van der Waals surface area contributed by atoms with Crippen molar-refractivity contribution in [2.75, 3.05) is 11.4 Å². The molecule has 102 valence electrons. The van der Waals surface area contributed by atoms with E-state index in [1.807, 2.05) is 37.3 Å². The third-order valence-corrected chi connectivity index (χ3v) is 2.93. The topological polar surface area (TPSA) is 62.4 Å². The Hall–Kier alpha value is -1.88. The molecule has 2 rings (SSSR count). The zero-order valence-electron chi connectivity index (χ0n) is 11.3. The summed E-state index contributed by atoms with van der Waals surface area (Å²) in [7, 11) is 0. The normalized spacial score (nSPS) is 12.4. The van der Waals surface area contributed by atoms with E-state index in [0.717, 1.165) is 5.69 Å². The van der Waals surface area contributed by atoms with E-state index >= 15 is 0 Å². The van der Waals surface area contributed by atoms with Crippen LogP contribution in [0.3, 0.4) is 0 Å². The Morgan fingerprint density at radius 3 is 2.63 bits per heavy atom. The lowest BCUT2D eigenvalue weighted by molar-refractivity contribution is 0.175. The van der Waals surface area contributed by atoms with Crippen LogP contribution >= 0.6 is 0 Å². The van der Waals surface area contributed by atoms with Crippen molar-refractivity contribution in [3.8, 4) is 0 Å². The molecule has 1 N–H and O–H groups in total. The minimum Gasteiger partial charge on any atom is -0.391 e. The molecule has 0 bridgehead atoms. The summed E-state index contributed by atoms with van der Waals surface area (Å²) in [4.78, 5) is 6.26. The zero-order valence-corrected chi connectivity index (χ0v) is 11.3. The molecule has 0 aliphatic heterocycles. The van der Waals surface area contributed by atoms with Gasteiger partial charge in [-0.25, -0.2) is 0 Å². The van der Waals surface area contributed by atoms with Crippen LogP contribution in [0.1, 0.15) is 25.1 Å². The average molecular weight is 261 g/mol. The van der Waals surface area contributed by atoms with Gasteiger partial charge in [-0.05, 0) is 18.6 Å². The number of para-hydroxylation sites is 1. The van der Waals surface area contributed by atoms with Gasteiger partial charge in [0.2, 0.25) is 5.89 Å². The minimum absolute atomic E-state index is 0.367. The predicted molar refractivity (Wildman–Crippen MR) is 72.8 cm³/mol. The maximum Gasteiger partial charge on any atom is 0.223 e. The fourth-order valence-electron chi connectivity index (χ4n) is 1.86. The van der Waals surface area contributed by atoms with Crippen molar-refractivity contribution >= 4 is 5.69 Å². The van der Waals surface area contributed by atoms with Crippen LogP contribution in [0, 0.1) is 6.92 Å². The Morgan fingerprint density at radius 2 is 2.05 bits per heavy atom. The third kappa shape index (κ3) is 3.79. The standard InChI is InChI=1S/C14H19N3O2/c1-3-13(18)9-17(12-7-5-4-6-8-12)10-14-15-11(2)19-16-14/h4-8,13,18H,3,9-10H2,1-2H3. The lowest BCUT2D eigenvalue weighted by Gasteiger charge is -2.25. The molecule has 5 nitrogen and oxygen atoms in total. The number of aliphatic hydroxyl groups excluding tert-OH is 1. The lowest BCUT2D eigenvalue weighted by Crippen LogP contribution is -2.32. The average Bonchev–Trinajstić information content (AvgIpc) is 2.84. The van der Waals surface area contributed by atoms with Gasteiger partial charge in [0.1, 0.15) is 0 Å². The molecule has 2 aromatic rings. The molecule has 0 aliphatic carbocycles. The van der Waals surface area contributed by atoms with E-state index in [0.29, 0.717) is 31.2 Å². The smallest absolute Gasteiger partial charge is 0.223 e. The van der Waals surface area contributed by atoms with Gasteiger partial charge in [-0.15, -0.1) is 0 Å². The highest BCUT2D eigenvalue weighted by Crippen LogP contribution is 2.16. The number of anilines is 1. The molecule has 0 saturated carbocycles. The highest BCUT2D eigenvalue weighted by atomic mass is 16.5. The van der Waals surface area contributed by atoms with Gasteiger partial charge in [-0.2, -0.15) is 4.98 Å². The molecule has 1 atom stereocenters. The van der Waals surface area contributed by atoms with E-state index < -0.39 is 0 Å². The van der Waals surface area contributed by atoms with Crippen molar-refractivity contribution in [2.45, 2.75) is 32.9 Å². The largest absolute Gasteiger partial charge is 0.391 e. The zero-order chi connectivity index (χ0) is 13.7. The molecule has 5 heteroatoms. The number of aliphatic hydroxyl groups is 1. The van der Waals surface area contributed by atoms with E-state index in [4.69, 9.17) is 4.52 Å². The summed E-state index contributed by atoms with van der Waals surface area (Å²) in [6, 6.07) is 9.94. The number of rotatable bonds is 6. The first-order chi connectivity index (χ1) is 9.19. The van der Waals surface area contributed by atoms with Crippen LogP contribution in [0.25, 0.3) is 0 Å². The van der Waals surface area contributed by atoms with Crippen molar-refractivity contribution in [2.24, 2.45) is 0 Å². The Balaban J connectivity index is 2.14. The van der Waals surface area contributed by atoms with Gasteiger partial charge in [0.15, 0.2) is 5.82 Å². The highest BCUT2D eigenvalue weighted by Gasteiger charge is 2.14. The van der Waals surface area contributed by atoms with E-state index in [-0.39, 0.29) is 6.10 Å². The second-order valence-corrected chi connectivity index (χ2v) is 4.51. The van der Waals surface area contributed by atoms with Crippen LogP contribution in [-0.2, 0) is 6.54 Å². The number of aryl methyl sites for hydroxylation is 1. The van der Waals surface area contributed by atoms with Crippen LogP contribution < -0.4 is 4.90 Å². The van der Waals surface area contributed by atoms with Crippen LogP contribution in [0.15, 0.2) is 34.9 Å². The van der Waals surface area contributed by atoms with Crippen LogP contribution in [-0.4, -0.2) is 27.9 Å². The molecular weight excluding hydrogens is 242 g/mol. The Bertz CT molecular complexity index is 498. The monoisotopic (exact) mass is 261 g/mol. The second-order valence-electron chi connectivity index (χ2n) is 4.51. The minimum atomic E-state index is -0.367. The molecule has 1 aromatic heterocycles. The molecule has 0 fully saturated rings. The summed E-state index contributed by atoms with van der Waals surface area (Å²) in [5.41, 5.74) is 1.04. The summed E-state index contributed by atoms with van der Waals surface area (Å²) < 4.78 is 4.98. The molecule has 1 aromatic carbocycles. The quantitative estimate of drug-likeness (QED) is 0.863. The van der Waals surface area contributed by atoms with Crippen molar-refractivity contribution < 1.29 is 9.63 Å². The molecule has 0 amide bonds. The van der Waals surface area contributed by atoms with E-state index in [9.17, 15) is 5.11 Å². The van der Waals surface area contributed by atoms with Gasteiger partial charge in [0.25, 0.3) is 0 Å². The van der Waals surface area contributed by atoms with Gasteiger partial charge in [-0.3, -0.25) is 0 Å². The maximum atomic E-state index is 9.87. The molecule has 0 saturated heterocycles. The number of nitrogens with zero attached hydrogens (tertiary/aromatic N) is 3. The lowest BCUT2D eigenvalue weighted by atomic mass is 10.2. The summed E-state index contributed by atoms with van der Waals surface area (Å²) in [5.74, 6) is 1.18. The molecule has 0 spiro atoms. The van der Waals surface area contributed by atoms with Crippen molar-refractivity contribution in [1.82, 2.24) is 10.1 Å². The predicted octanol–water partition coefficient (Wildman–Crippen LogP) is 2.16. The van der Waals surface area contributed by atoms with Gasteiger partial charge >= 0.3 is 0 Å². The SMILES string of the molecule is CCC(O)CN(Cc1noc(C)n1)c1ccccc1. The van der Waals surface area contributed by atoms with Crippen LogP contribution in [0.4, 0.5) is 5.69 Å². The molecular formula is C14H19N3O2. The molecule has 0 aliphatic rings. The van der Waals surface area contributed by atoms with E-state index in [1.165, 1.54) is 0 Å². The summed E-state index contributed by atoms with van der Waals surface area (Å²) in [5, 5.41) is 13.8. The van der Waals surface area contributed by atoms with Crippen LogP contribution in [0.5, 0.6) is 0 Å². The molecule has 19 heavy (non-hydrogen) atoms. The van der Waals surface area contributed by atoms with Gasteiger partial charge in [0, 0.05) is 19.2 Å². The third-order valence-electron chi connectivity index (χ3n) is 2.93. The van der Waals surface area contributed by atoms with Gasteiger partial charge in [0.05, 0.1) is 12.6 Å².